The van der Waals surface area contributed by atoms with Crippen molar-refractivity contribution >= 4 is 29.0 Å². The maximum Gasteiger partial charge on any atom is 0.254 e. The third kappa shape index (κ3) is 3.82. The van der Waals surface area contributed by atoms with Gasteiger partial charge in [0.2, 0.25) is 0 Å². The number of carbonyl (C=O) groups is 1. The van der Waals surface area contributed by atoms with Crippen LogP contribution >= 0.6 is 11.6 Å². The number of primary amides is 1. The lowest BCUT2D eigenvalue weighted by molar-refractivity contribution is 0.100. The first kappa shape index (κ1) is 18.2. The molecule has 0 aliphatic heterocycles. The molecule has 26 heavy (non-hydrogen) atoms. The molecule has 1 fully saturated rings. The molecule has 4 N–H and O–H groups in total. The lowest BCUT2D eigenvalue weighted by atomic mass is 9.82. The Bertz CT molecular complexity index is 825. The second kappa shape index (κ2) is 7.77. The van der Waals surface area contributed by atoms with E-state index < -0.39 is 5.91 Å². The number of amides is 1. The van der Waals surface area contributed by atoms with Crippen LogP contribution in [0.25, 0.3) is 0 Å². The normalized spacial score (nSPS) is 22.6. The summed E-state index contributed by atoms with van der Waals surface area (Å²) in [5.74, 6) is -0.359. The molecular formula is C18H21ClN6O. The van der Waals surface area contributed by atoms with Gasteiger partial charge in [-0.1, -0.05) is 11.6 Å². The Morgan fingerprint density at radius 1 is 1.38 bits per heavy atom. The lowest BCUT2D eigenvalue weighted by Crippen LogP contribution is -2.36. The van der Waals surface area contributed by atoms with Gasteiger partial charge in [-0.05, 0) is 50.6 Å². The number of halogens is 1. The van der Waals surface area contributed by atoms with Gasteiger partial charge in [0.1, 0.15) is 5.56 Å². The minimum absolute atomic E-state index is 0.0801. The van der Waals surface area contributed by atoms with Crippen molar-refractivity contribution in [1.29, 1.82) is 5.26 Å². The highest BCUT2D eigenvalue weighted by Gasteiger charge is 2.32. The smallest absolute Gasteiger partial charge is 0.254 e. The molecule has 1 aromatic carbocycles. The van der Waals surface area contributed by atoms with Crippen LogP contribution in [0.4, 0.5) is 11.5 Å². The highest BCUT2D eigenvalue weighted by atomic mass is 35.5. The molecule has 2 aromatic rings. The number of benzene rings is 1. The third-order valence-corrected chi connectivity index (χ3v) is 5.08. The summed E-state index contributed by atoms with van der Waals surface area (Å²) in [6.07, 6.45) is 4.15. The van der Waals surface area contributed by atoms with Crippen LogP contribution in [0.2, 0.25) is 5.02 Å². The summed E-state index contributed by atoms with van der Waals surface area (Å²) in [5, 5.41) is 21.0. The van der Waals surface area contributed by atoms with Crippen LogP contribution in [0, 0.1) is 17.2 Å². The van der Waals surface area contributed by atoms with Gasteiger partial charge in [-0.25, -0.2) is 0 Å². The topological polar surface area (TPSA) is 109 Å². The van der Waals surface area contributed by atoms with E-state index in [1.54, 1.807) is 35.1 Å². The first-order valence-corrected chi connectivity index (χ1v) is 8.88. The van der Waals surface area contributed by atoms with Crippen molar-refractivity contribution in [2.24, 2.45) is 11.7 Å². The second-order valence-corrected chi connectivity index (χ2v) is 6.91. The molecule has 1 saturated carbocycles. The molecule has 0 unspecified atom stereocenters. The molecule has 3 rings (SSSR count). The number of hydrogen-bond acceptors (Lipinski definition) is 5. The van der Waals surface area contributed by atoms with Crippen LogP contribution in [-0.4, -0.2) is 28.8 Å². The van der Waals surface area contributed by atoms with E-state index in [0.717, 1.165) is 24.9 Å². The van der Waals surface area contributed by atoms with Gasteiger partial charge < -0.3 is 16.4 Å². The van der Waals surface area contributed by atoms with E-state index in [9.17, 15) is 10.1 Å². The average molecular weight is 373 g/mol. The van der Waals surface area contributed by atoms with E-state index in [4.69, 9.17) is 17.3 Å². The summed E-state index contributed by atoms with van der Waals surface area (Å²) in [5.41, 5.74) is 6.56. The van der Waals surface area contributed by atoms with Crippen molar-refractivity contribution in [3.05, 3.63) is 41.0 Å². The molecule has 136 valence electrons. The fourth-order valence-electron chi connectivity index (χ4n) is 3.38. The van der Waals surface area contributed by atoms with Gasteiger partial charge in [0.25, 0.3) is 5.91 Å². The fourth-order valence-corrected chi connectivity index (χ4v) is 3.50. The van der Waals surface area contributed by atoms with Gasteiger partial charge in [-0.15, -0.1) is 0 Å². The number of nitrogens with two attached hydrogens (primary N) is 1. The van der Waals surface area contributed by atoms with Crippen LogP contribution < -0.4 is 16.4 Å². The van der Waals surface area contributed by atoms with Crippen molar-refractivity contribution in [1.82, 2.24) is 15.1 Å². The molecule has 0 radical (unpaired) electrons. The van der Waals surface area contributed by atoms with E-state index in [1.165, 1.54) is 0 Å². The van der Waals surface area contributed by atoms with Crippen LogP contribution in [-0.2, 0) is 0 Å². The Morgan fingerprint density at radius 3 is 2.73 bits per heavy atom. The molecular weight excluding hydrogens is 352 g/mol. The van der Waals surface area contributed by atoms with E-state index in [0.29, 0.717) is 22.4 Å². The SMILES string of the molecule is CN[C@@H]1CC[C@H](n2cc(C(N)=O)c(Nc3ccc(Cl)cc3)n2)[C@@H](C#N)C1. The van der Waals surface area contributed by atoms with Crippen LogP contribution in [0.15, 0.2) is 30.5 Å². The number of nitrogens with zero attached hydrogens (tertiary/aromatic N) is 3. The third-order valence-electron chi connectivity index (χ3n) is 4.83. The van der Waals surface area contributed by atoms with E-state index >= 15 is 0 Å². The number of carbonyl (C=O) groups excluding carboxylic acids is 1. The fraction of sp³-hybridized carbons (Fsp3) is 0.389. The zero-order chi connectivity index (χ0) is 18.7. The van der Waals surface area contributed by atoms with Gasteiger partial charge in [-0.3, -0.25) is 9.48 Å². The van der Waals surface area contributed by atoms with E-state index in [1.807, 2.05) is 7.05 Å². The van der Waals surface area contributed by atoms with Crippen molar-refractivity contribution in [3.8, 4) is 6.07 Å². The molecule has 0 spiro atoms. The van der Waals surface area contributed by atoms with E-state index in [-0.39, 0.29) is 12.0 Å². The van der Waals surface area contributed by atoms with Gasteiger partial charge >= 0.3 is 0 Å². The van der Waals surface area contributed by atoms with Gasteiger partial charge in [0.05, 0.1) is 18.0 Å². The van der Waals surface area contributed by atoms with Gasteiger partial charge in [-0.2, -0.15) is 10.4 Å². The molecule has 7 nitrogen and oxygen atoms in total. The monoisotopic (exact) mass is 372 g/mol. The Morgan fingerprint density at radius 2 is 2.12 bits per heavy atom. The molecule has 3 atom stereocenters. The Balaban J connectivity index is 1.88. The zero-order valence-corrected chi connectivity index (χ0v) is 15.2. The summed E-state index contributed by atoms with van der Waals surface area (Å²) in [6, 6.07) is 9.71. The predicted molar refractivity (Wildman–Crippen MR) is 100 cm³/mol. The molecule has 1 aliphatic carbocycles. The molecule has 1 aliphatic rings. The second-order valence-electron chi connectivity index (χ2n) is 6.47. The van der Waals surface area contributed by atoms with Crippen LogP contribution in [0.5, 0.6) is 0 Å². The van der Waals surface area contributed by atoms with Gasteiger partial charge in [0.15, 0.2) is 5.82 Å². The number of anilines is 2. The molecule has 1 aromatic heterocycles. The predicted octanol–water partition coefficient (Wildman–Crippen LogP) is 2.83. The van der Waals surface area contributed by atoms with E-state index in [2.05, 4.69) is 21.8 Å². The summed E-state index contributed by atoms with van der Waals surface area (Å²) in [4.78, 5) is 11.8. The zero-order valence-electron chi connectivity index (χ0n) is 14.4. The molecule has 8 heteroatoms. The maximum absolute atomic E-state index is 11.8. The number of nitrogens with one attached hydrogen (secondary N) is 2. The highest BCUT2D eigenvalue weighted by Crippen LogP contribution is 2.34. The summed E-state index contributed by atoms with van der Waals surface area (Å²) >= 11 is 5.90. The standard InChI is InChI=1S/C18H21ClN6O/c1-22-14-6-7-16(11(8-14)9-20)25-10-15(17(21)26)18(24-25)23-13-4-2-12(19)3-5-13/h2-5,10-11,14,16,22H,6-8H2,1H3,(H2,21,26)(H,23,24)/t11-,14-,16+/m1/s1. The molecule has 0 saturated heterocycles. The Kier molecular flexibility index (Phi) is 5.45. The summed E-state index contributed by atoms with van der Waals surface area (Å²) in [7, 11) is 1.91. The molecule has 1 amide bonds. The number of aromatic nitrogens is 2. The average Bonchev–Trinajstić information content (AvgIpc) is 3.07. The first-order chi connectivity index (χ1) is 12.5. The lowest BCUT2D eigenvalue weighted by Gasteiger charge is -2.32. The summed E-state index contributed by atoms with van der Waals surface area (Å²) < 4.78 is 1.71. The largest absolute Gasteiger partial charge is 0.365 e. The van der Waals surface area contributed by atoms with Crippen LogP contribution in [0.1, 0.15) is 35.7 Å². The minimum atomic E-state index is -0.565. The van der Waals surface area contributed by atoms with Gasteiger partial charge in [0, 0.05) is 22.9 Å². The van der Waals surface area contributed by atoms with Crippen molar-refractivity contribution in [2.45, 2.75) is 31.3 Å². The van der Waals surface area contributed by atoms with Crippen molar-refractivity contribution < 1.29 is 4.79 Å². The number of nitriles is 1. The van der Waals surface area contributed by atoms with Crippen LogP contribution in [0.3, 0.4) is 0 Å². The quantitative estimate of drug-likeness (QED) is 0.747. The van der Waals surface area contributed by atoms with Crippen molar-refractivity contribution in [3.63, 3.8) is 0 Å². The Hall–Kier alpha value is -2.56. The number of hydrogen-bond donors (Lipinski definition) is 3. The maximum atomic E-state index is 11.8. The molecule has 1 heterocycles. The number of rotatable bonds is 5. The highest BCUT2D eigenvalue weighted by molar-refractivity contribution is 6.30. The Labute approximate surface area is 157 Å². The van der Waals surface area contributed by atoms with Crippen molar-refractivity contribution in [2.75, 3.05) is 12.4 Å². The first-order valence-electron chi connectivity index (χ1n) is 8.50. The molecule has 0 bridgehead atoms. The minimum Gasteiger partial charge on any atom is -0.365 e. The summed E-state index contributed by atoms with van der Waals surface area (Å²) in [6.45, 7) is 0.